The Bertz CT molecular complexity index is 182. The maximum absolute atomic E-state index is 10.6. The van der Waals surface area contributed by atoms with Gasteiger partial charge in [-0.15, -0.1) is 0 Å². The molecule has 0 bridgehead atoms. The summed E-state index contributed by atoms with van der Waals surface area (Å²) in [6.07, 6.45) is 2.82. The first-order chi connectivity index (χ1) is 6.47. The minimum atomic E-state index is -0.622. The third-order valence-electron chi connectivity index (χ3n) is 4.09. The van der Waals surface area contributed by atoms with E-state index in [9.17, 15) is 5.11 Å². The van der Waals surface area contributed by atoms with E-state index in [1.54, 1.807) is 0 Å². The van der Waals surface area contributed by atoms with Gasteiger partial charge in [0.15, 0.2) is 0 Å². The Balaban J connectivity index is 2.73. The smallest absolute Gasteiger partial charge is 0.0837 e. The van der Waals surface area contributed by atoms with Gasteiger partial charge in [-0.05, 0) is 26.2 Å². The topological polar surface area (TPSA) is 58.3 Å². The molecule has 0 aromatic heterocycles. The number of nitrogens with two attached hydrogens (primary N) is 1. The molecular formula is C11H24N2O. The standard InChI is InChI=1S/C11H24N2O/c1-4-10(3,7-12)11(14)6-5-9(2)13-8-11/h9,13-14H,4-8,12H2,1-3H3. The van der Waals surface area contributed by atoms with E-state index < -0.39 is 5.60 Å². The summed E-state index contributed by atoms with van der Waals surface area (Å²) >= 11 is 0. The predicted molar refractivity (Wildman–Crippen MR) is 59.1 cm³/mol. The molecule has 1 aliphatic rings. The number of hydrogen-bond acceptors (Lipinski definition) is 3. The Morgan fingerprint density at radius 3 is 2.64 bits per heavy atom. The van der Waals surface area contributed by atoms with Crippen LogP contribution >= 0.6 is 0 Å². The maximum Gasteiger partial charge on any atom is 0.0837 e. The summed E-state index contributed by atoms with van der Waals surface area (Å²) in [5.41, 5.74) is 5.01. The van der Waals surface area contributed by atoms with Crippen molar-refractivity contribution in [3.63, 3.8) is 0 Å². The summed E-state index contributed by atoms with van der Waals surface area (Å²) in [7, 11) is 0. The Labute approximate surface area is 87.1 Å². The largest absolute Gasteiger partial charge is 0.388 e. The second kappa shape index (κ2) is 4.17. The molecule has 1 saturated heterocycles. The quantitative estimate of drug-likeness (QED) is 0.633. The summed E-state index contributed by atoms with van der Waals surface area (Å²) in [6, 6.07) is 0.522. The molecule has 84 valence electrons. The highest BCUT2D eigenvalue weighted by atomic mass is 16.3. The fraction of sp³-hybridized carbons (Fsp3) is 1.00. The number of piperidine rings is 1. The number of rotatable bonds is 3. The van der Waals surface area contributed by atoms with Crippen molar-refractivity contribution in [3.8, 4) is 0 Å². The lowest BCUT2D eigenvalue weighted by atomic mass is 9.67. The van der Waals surface area contributed by atoms with Gasteiger partial charge in [0.1, 0.15) is 0 Å². The Morgan fingerprint density at radius 1 is 1.64 bits per heavy atom. The average molecular weight is 200 g/mol. The summed E-state index contributed by atoms with van der Waals surface area (Å²) in [5.74, 6) is 0. The zero-order valence-electron chi connectivity index (χ0n) is 9.64. The van der Waals surface area contributed by atoms with Gasteiger partial charge >= 0.3 is 0 Å². The highest BCUT2D eigenvalue weighted by Crippen LogP contribution is 2.38. The van der Waals surface area contributed by atoms with Crippen LogP contribution in [-0.4, -0.2) is 29.8 Å². The van der Waals surface area contributed by atoms with Crippen molar-refractivity contribution >= 4 is 0 Å². The number of hydrogen-bond donors (Lipinski definition) is 3. The molecule has 3 nitrogen and oxygen atoms in total. The molecule has 3 atom stereocenters. The lowest BCUT2D eigenvalue weighted by molar-refractivity contribution is -0.0934. The Hall–Kier alpha value is -0.120. The highest BCUT2D eigenvalue weighted by molar-refractivity contribution is 5.00. The fourth-order valence-electron chi connectivity index (χ4n) is 2.17. The number of β-amino-alcohol motifs (C(OH)–C–C–N with tert-alkyl or cyclic N) is 1. The van der Waals surface area contributed by atoms with Crippen LogP contribution in [0.15, 0.2) is 0 Å². The zero-order valence-corrected chi connectivity index (χ0v) is 9.64. The van der Waals surface area contributed by atoms with Crippen molar-refractivity contribution < 1.29 is 5.11 Å². The molecule has 14 heavy (non-hydrogen) atoms. The minimum absolute atomic E-state index is 0.153. The van der Waals surface area contributed by atoms with Crippen LogP contribution in [0.1, 0.15) is 40.0 Å². The third kappa shape index (κ3) is 1.95. The van der Waals surface area contributed by atoms with E-state index >= 15 is 0 Å². The summed E-state index contributed by atoms with van der Waals surface area (Å²) < 4.78 is 0. The first kappa shape index (κ1) is 12.0. The molecule has 1 fully saturated rings. The van der Waals surface area contributed by atoms with E-state index in [-0.39, 0.29) is 5.41 Å². The number of aliphatic hydroxyl groups is 1. The van der Waals surface area contributed by atoms with Crippen LogP contribution in [0, 0.1) is 5.41 Å². The van der Waals surface area contributed by atoms with E-state index in [2.05, 4.69) is 26.1 Å². The summed E-state index contributed by atoms with van der Waals surface area (Å²) in [6.45, 7) is 7.57. The van der Waals surface area contributed by atoms with Gasteiger partial charge in [-0.3, -0.25) is 0 Å². The van der Waals surface area contributed by atoms with Gasteiger partial charge in [-0.25, -0.2) is 0 Å². The molecule has 0 aliphatic carbocycles. The molecular weight excluding hydrogens is 176 g/mol. The van der Waals surface area contributed by atoms with Crippen molar-refractivity contribution in [2.24, 2.45) is 11.1 Å². The molecule has 1 heterocycles. The molecule has 0 spiro atoms. The Morgan fingerprint density at radius 2 is 2.29 bits per heavy atom. The van der Waals surface area contributed by atoms with Gasteiger partial charge in [-0.2, -0.15) is 0 Å². The van der Waals surface area contributed by atoms with Crippen LogP contribution in [0.3, 0.4) is 0 Å². The summed E-state index contributed by atoms with van der Waals surface area (Å²) in [4.78, 5) is 0. The lowest BCUT2D eigenvalue weighted by Gasteiger charge is -2.48. The molecule has 0 amide bonds. The van der Waals surface area contributed by atoms with Gasteiger partial charge in [0.25, 0.3) is 0 Å². The lowest BCUT2D eigenvalue weighted by Crippen LogP contribution is -2.60. The molecule has 0 aromatic rings. The highest BCUT2D eigenvalue weighted by Gasteiger charge is 2.46. The zero-order chi connectivity index (χ0) is 10.8. The number of nitrogens with one attached hydrogen (secondary N) is 1. The summed E-state index contributed by atoms with van der Waals surface area (Å²) in [5, 5.41) is 13.9. The van der Waals surface area contributed by atoms with Crippen molar-refractivity contribution in [1.82, 2.24) is 5.32 Å². The monoisotopic (exact) mass is 200 g/mol. The Kier molecular flexibility index (Phi) is 3.56. The van der Waals surface area contributed by atoms with Gasteiger partial charge in [0.2, 0.25) is 0 Å². The van der Waals surface area contributed by atoms with E-state index in [1.165, 1.54) is 0 Å². The SMILES string of the molecule is CCC(C)(CN)C1(O)CCC(C)NC1. The molecule has 0 radical (unpaired) electrons. The van der Waals surface area contributed by atoms with Crippen LogP contribution in [0.2, 0.25) is 0 Å². The van der Waals surface area contributed by atoms with Crippen LogP contribution in [0.4, 0.5) is 0 Å². The van der Waals surface area contributed by atoms with E-state index in [1.807, 2.05) is 0 Å². The van der Waals surface area contributed by atoms with E-state index in [4.69, 9.17) is 5.73 Å². The van der Waals surface area contributed by atoms with Gasteiger partial charge < -0.3 is 16.2 Å². The maximum atomic E-state index is 10.6. The molecule has 3 heteroatoms. The fourth-order valence-corrected chi connectivity index (χ4v) is 2.17. The van der Waals surface area contributed by atoms with E-state index in [0.717, 1.165) is 19.3 Å². The van der Waals surface area contributed by atoms with Crippen LogP contribution in [0.5, 0.6) is 0 Å². The average Bonchev–Trinajstić information content (AvgIpc) is 2.21. The molecule has 3 unspecified atom stereocenters. The first-order valence-electron chi connectivity index (χ1n) is 5.63. The first-order valence-corrected chi connectivity index (χ1v) is 5.63. The van der Waals surface area contributed by atoms with Crippen molar-refractivity contribution in [3.05, 3.63) is 0 Å². The van der Waals surface area contributed by atoms with Crippen molar-refractivity contribution in [1.29, 1.82) is 0 Å². The van der Waals surface area contributed by atoms with E-state index in [0.29, 0.717) is 19.1 Å². The van der Waals surface area contributed by atoms with Gasteiger partial charge in [-0.1, -0.05) is 13.8 Å². The molecule has 0 saturated carbocycles. The second-order valence-corrected chi connectivity index (χ2v) is 4.97. The van der Waals surface area contributed by atoms with Gasteiger partial charge in [0.05, 0.1) is 5.60 Å². The van der Waals surface area contributed by atoms with Gasteiger partial charge in [0, 0.05) is 24.5 Å². The molecule has 0 aromatic carbocycles. The minimum Gasteiger partial charge on any atom is -0.388 e. The molecule has 1 rings (SSSR count). The molecule has 1 aliphatic heterocycles. The van der Waals surface area contributed by atoms with Crippen LogP contribution < -0.4 is 11.1 Å². The normalized spacial score (nSPS) is 37.9. The molecule has 4 N–H and O–H groups in total. The predicted octanol–water partition coefficient (Wildman–Crippen LogP) is 0.864. The van der Waals surface area contributed by atoms with Crippen molar-refractivity contribution in [2.75, 3.05) is 13.1 Å². The van der Waals surface area contributed by atoms with Crippen LogP contribution in [0.25, 0.3) is 0 Å². The second-order valence-electron chi connectivity index (χ2n) is 4.97. The van der Waals surface area contributed by atoms with Crippen LogP contribution in [-0.2, 0) is 0 Å². The van der Waals surface area contributed by atoms with Crippen molar-refractivity contribution in [2.45, 2.75) is 51.7 Å². The third-order valence-corrected chi connectivity index (χ3v) is 4.09.